The van der Waals surface area contributed by atoms with Crippen molar-refractivity contribution < 1.29 is 18.5 Å². The Morgan fingerprint density at radius 1 is 0.889 bits per heavy atom. The Morgan fingerprint density at radius 3 is 1.81 bits per heavy atom. The van der Waals surface area contributed by atoms with Crippen molar-refractivity contribution >= 4 is 7.82 Å². The lowest BCUT2D eigenvalue weighted by Gasteiger charge is -2.32. The Bertz CT molecular complexity index is 707. The topological polar surface area (TPSA) is 55.8 Å². The van der Waals surface area contributed by atoms with Gasteiger partial charge in [-0.25, -0.2) is 4.57 Å². The summed E-state index contributed by atoms with van der Waals surface area (Å²) >= 11 is 0. The maximum atomic E-state index is 12.7. The Balaban J connectivity index is 2.25. The van der Waals surface area contributed by atoms with Crippen LogP contribution in [0.3, 0.4) is 0 Å². The zero-order valence-electron chi connectivity index (χ0n) is 16.8. The molecule has 2 rings (SSSR count). The molecule has 148 valence electrons. The Kier molecular flexibility index (Phi) is 7.81. The molecular weight excluding hydrogens is 359 g/mol. The van der Waals surface area contributed by atoms with Gasteiger partial charge in [-0.2, -0.15) is 0 Å². The van der Waals surface area contributed by atoms with Crippen molar-refractivity contribution in [1.29, 1.82) is 0 Å². The van der Waals surface area contributed by atoms with Gasteiger partial charge in [0, 0.05) is 0 Å². The van der Waals surface area contributed by atoms with E-state index in [1.807, 2.05) is 69.3 Å². The molecule has 0 saturated heterocycles. The van der Waals surface area contributed by atoms with E-state index in [9.17, 15) is 9.46 Å². The van der Waals surface area contributed by atoms with Gasteiger partial charge in [0.05, 0.1) is 6.61 Å². The van der Waals surface area contributed by atoms with Gasteiger partial charge in [0.2, 0.25) is 0 Å². The minimum atomic E-state index is -4.22. The molecular formula is C22H31O4P. The molecule has 0 aliphatic heterocycles. The fraction of sp³-hybridized carbons (Fsp3) is 0.455. The average Bonchev–Trinajstić information content (AvgIpc) is 2.62. The summed E-state index contributed by atoms with van der Waals surface area (Å²) < 4.78 is 23.7. The first kappa shape index (κ1) is 21.8. The molecule has 5 heteroatoms. The fourth-order valence-corrected chi connectivity index (χ4v) is 4.07. The smallest absolute Gasteiger partial charge is 0.302 e. The summed E-state index contributed by atoms with van der Waals surface area (Å²) in [6.45, 7) is 8.15. The molecule has 1 atom stereocenters. The van der Waals surface area contributed by atoms with Gasteiger partial charge in [-0.15, -0.1) is 0 Å². The quantitative estimate of drug-likeness (QED) is 0.383. The van der Waals surface area contributed by atoms with E-state index >= 15 is 0 Å². The lowest BCUT2D eigenvalue weighted by Crippen LogP contribution is -2.27. The predicted octanol–water partition coefficient (Wildman–Crippen LogP) is 6.28. The number of benzene rings is 2. The Morgan fingerprint density at radius 2 is 1.37 bits per heavy atom. The monoisotopic (exact) mass is 390 g/mol. The summed E-state index contributed by atoms with van der Waals surface area (Å²) in [5.74, 6) is 0. The van der Waals surface area contributed by atoms with E-state index in [0.717, 1.165) is 47.9 Å². The zero-order chi connectivity index (χ0) is 19.9. The van der Waals surface area contributed by atoms with Gasteiger partial charge in [-0.3, -0.25) is 9.05 Å². The van der Waals surface area contributed by atoms with Gasteiger partial charge in [0.15, 0.2) is 0 Å². The molecule has 0 heterocycles. The summed E-state index contributed by atoms with van der Waals surface area (Å²) in [5, 5.41) is 0. The first-order valence-electron chi connectivity index (χ1n) is 9.59. The van der Waals surface area contributed by atoms with Crippen LogP contribution in [0.5, 0.6) is 0 Å². The third-order valence-electron chi connectivity index (χ3n) is 4.76. The summed E-state index contributed by atoms with van der Waals surface area (Å²) in [7, 11) is -4.22. The molecule has 0 amide bonds. The highest BCUT2D eigenvalue weighted by Crippen LogP contribution is 2.52. The van der Waals surface area contributed by atoms with Crippen LogP contribution in [0.2, 0.25) is 0 Å². The number of phosphoric acid groups is 1. The van der Waals surface area contributed by atoms with Gasteiger partial charge < -0.3 is 4.89 Å². The molecule has 0 saturated carbocycles. The number of aryl methyl sites for hydroxylation is 2. The maximum absolute atomic E-state index is 12.7. The molecule has 1 unspecified atom stereocenters. The van der Waals surface area contributed by atoms with E-state index in [4.69, 9.17) is 9.05 Å². The van der Waals surface area contributed by atoms with Crippen LogP contribution in [0.25, 0.3) is 0 Å². The molecule has 4 nitrogen and oxygen atoms in total. The second kappa shape index (κ2) is 9.66. The first-order chi connectivity index (χ1) is 12.8. The van der Waals surface area contributed by atoms with Crippen LogP contribution in [0.4, 0.5) is 0 Å². The van der Waals surface area contributed by atoms with E-state index in [1.165, 1.54) is 0 Å². The van der Waals surface area contributed by atoms with Gasteiger partial charge in [0.1, 0.15) is 5.60 Å². The normalized spacial score (nSPS) is 14.1. The lowest BCUT2D eigenvalue weighted by molar-refractivity contribution is 0.0607. The molecule has 0 bridgehead atoms. The third-order valence-corrected chi connectivity index (χ3v) is 5.86. The number of phosphoric ester groups is 1. The van der Waals surface area contributed by atoms with E-state index in [0.29, 0.717) is 0 Å². The molecule has 2 aromatic carbocycles. The van der Waals surface area contributed by atoms with Gasteiger partial charge in [0.25, 0.3) is 0 Å². The van der Waals surface area contributed by atoms with Crippen LogP contribution in [0.1, 0.15) is 61.8 Å². The Labute approximate surface area is 163 Å². The fourth-order valence-electron chi connectivity index (χ4n) is 2.98. The highest BCUT2D eigenvalue weighted by atomic mass is 31.2. The van der Waals surface area contributed by atoms with Crippen molar-refractivity contribution in [3.05, 3.63) is 70.8 Å². The van der Waals surface area contributed by atoms with Crippen LogP contribution >= 0.6 is 7.82 Å². The second-order valence-electron chi connectivity index (χ2n) is 7.22. The average molecular weight is 390 g/mol. The van der Waals surface area contributed by atoms with Crippen LogP contribution < -0.4 is 0 Å². The van der Waals surface area contributed by atoms with Gasteiger partial charge in [-0.05, 0) is 38.3 Å². The Hall–Kier alpha value is -1.45. The molecule has 0 spiro atoms. The molecule has 0 aliphatic carbocycles. The molecule has 2 aromatic rings. The minimum absolute atomic E-state index is 0.214. The summed E-state index contributed by atoms with van der Waals surface area (Å²) in [4.78, 5) is 10.3. The van der Waals surface area contributed by atoms with Gasteiger partial charge >= 0.3 is 7.82 Å². The number of hydrogen-bond donors (Lipinski definition) is 1. The number of rotatable bonds is 10. The molecule has 1 N–H and O–H groups in total. The summed E-state index contributed by atoms with van der Waals surface area (Å²) in [5.41, 5.74) is 2.75. The van der Waals surface area contributed by atoms with E-state index in [2.05, 4.69) is 6.92 Å². The van der Waals surface area contributed by atoms with Crippen LogP contribution in [0, 0.1) is 13.8 Å². The van der Waals surface area contributed by atoms with Crippen LogP contribution in [-0.2, 0) is 19.2 Å². The van der Waals surface area contributed by atoms with Crippen molar-refractivity contribution in [1.82, 2.24) is 0 Å². The minimum Gasteiger partial charge on any atom is -0.302 e. The lowest BCUT2D eigenvalue weighted by atomic mass is 9.87. The van der Waals surface area contributed by atoms with Crippen molar-refractivity contribution in [3.63, 3.8) is 0 Å². The predicted molar refractivity (Wildman–Crippen MR) is 110 cm³/mol. The number of unbranched alkanes of at least 4 members (excludes halogenated alkanes) is 3. The van der Waals surface area contributed by atoms with Crippen LogP contribution in [0.15, 0.2) is 48.5 Å². The maximum Gasteiger partial charge on any atom is 0.473 e. The van der Waals surface area contributed by atoms with Gasteiger partial charge in [-0.1, -0.05) is 85.8 Å². The largest absolute Gasteiger partial charge is 0.473 e. The van der Waals surface area contributed by atoms with Crippen molar-refractivity contribution in [2.24, 2.45) is 0 Å². The van der Waals surface area contributed by atoms with Crippen molar-refractivity contribution in [2.75, 3.05) is 6.61 Å². The first-order valence-corrected chi connectivity index (χ1v) is 11.1. The van der Waals surface area contributed by atoms with E-state index in [1.54, 1.807) is 0 Å². The summed E-state index contributed by atoms with van der Waals surface area (Å²) in [6, 6.07) is 15.6. The van der Waals surface area contributed by atoms with Crippen molar-refractivity contribution in [2.45, 2.75) is 59.0 Å². The SMILES string of the molecule is CCCCCCOP(=O)(O)OC(C)(c1ccc(C)cc1)c1ccc(C)cc1. The van der Waals surface area contributed by atoms with Crippen LogP contribution in [-0.4, -0.2) is 11.5 Å². The highest BCUT2D eigenvalue weighted by Gasteiger charge is 2.38. The van der Waals surface area contributed by atoms with Crippen molar-refractivity contribution in [3.8, 4) is 0 Å². The second-order valence-corrected chi connectivity index (χ2v) is 8.60. The molecule has 0 aromatic heterocycles. The zero-order valence-corrected chi connectivity index (χ0v) is 17.7. The third kappa shape index (κ3) is 6.29. The summed E-state index contributed by atoms with van der Waals surface area (Å²) in [6.07, 6.45) is 3.91. The molecule has 0 aliphatic rings. The molecule has 0 radical (unpaired) electrons. The van der Waals surface area contributed by atoms with E-state index < -0.39 is 13.4 Å². The standard InChI is InChI=1S/C22H31O4P/c1-5-6-7-8-17-25-27(23,24)26-22(4,20-13-9-18(2)10-14-20)21-15-11-19(3)12-16-21/h9-16H,5-8,17H2,1-4H3,(H,23,24). The molecule has 0 fully saturated rings. The van der Waals surface area contributed by atoms with E-state index in [-0.39, 0.29) is 6.61 Å². The highest BCUT2D eigenvalue weighted by molar-refractivity contribution is 7.47. The molecule has 27 heavy (non-hydrogen) atoms. The number of hydrogen-bond acceptors (Lipinski definition) is 3.